The summed E-state index contributed by atoms with van der Waals surface area (Å²) < 4.78 is 11.4. The lowest BCUT2D eigenvalue weighted by atomic mass is 10.1. The number of para-hydroxylation sites is 1. The lowest BCUT2D eigenvalue weighted by Gasteiger charge is -2.11. The molecule has 0 saturated carbocycles. The number of furan rings is 1. The Bertz CT molecular complexity index is 1010. The first-order valence-electron chi connectivity index (χ1n) is 9.88. The number of amides is 2. The predicted molar refractivity (Wildman–Crippen MR) is 117 cm³/mol. The van der Waals surface area contributed by atoms with Crippen molar-refractivity contribution in [1.82, 2.24) is 10.2 Å². The van der Waals surface area contributed by atoms with Gasteiger partial charge in [0.25, 0.3) is 0 Å². The van der Waals surface area contributed by atoms with E-state index in [1.165, 1.54) is 0 Å². The maximum Gasteiger partial charge on any atom is 0.313 e. The fourth-order valence-corrected chi connectivity index (χ4v) is 3.03. The Morgan fingerprint density at radius 2 is 1.77 bits per heavy atom. The molecule has 2 amide bonds. The molecule has 0 bridgehead atoms. The first-order valence-corrected chi connectivity index (χ1v) is 9.88. The predicted octanol–water partition coefficient (Wildman–Crippen LogP) is 3.33. The molecule has 0 spiro atoms. The van der Waals surface area contributed by atoms with Crippen LogP contribution in [0.5, 0.6) is 5.75 Å². The van der Waals surface area contributed by atoms with Crippen molar-refractivity contribution in [2.45, 2.75) is 19.9 Å². The van der Waals surface area contributed by atoms with E-state index in [0.29, 0.717) is 18.1 Å². The van der Waals surface area contributed by atoms with Crippen LogP contribution in [0.4, 0.5) is 5.69 Å². The molecule has 0 radical (unpaired) electrons. The van der Waals surface area contributed by atoms with Crippen molar-refractivity contribution in [2.24, 2.45) is 0 Å². The molecule has 0 fully saturated rings. The van der Waals surface area contributed by atoms with Crippen LogP contribution in [0.3, 0.4) is 0 Å². The van der Waals surface area contributed by atoms with Gasteiger partial charge in [-0.25, -0.2) is 0 Å². The van der Waals surface area contributed by atoms with Crippen molar-refractivity contribution in [3.8, 4) is 5.75 Å². The van der Waals surface area contributed by atoms with E-state index in [0.717, 1.165) is 35.2 Å². The van der Waals surface area contributed by atoms with Crippen LogP contribution < -0.4 is 15.4 Å². The molecule has 0 saturated heterocycles. The molecule has 0 aliphatic heterocycles. The van der Waals surface area contributed by atoms with E-state index in [2.05, 4.69) is 15.5 Å². The monoisotopic (exact) mass is 409 g/mol. The van der Waals surface area contributed by atoms with E-state index >= 15 is 0 Å². The summed E-state index contributed by atoms with van der Waals surface area (Å²) in [7, 11) is 4.04. The lowest BCUT2D eigenvalue weighted by Crippen LogP contribution is -2.35. The van der Waals surface area contributed by atoms with Gasteiger partial charge >= 0.3 is 11.8 Å². The molecule has 2 N–H and O–H groups in total. The van der Waals surface area contributed by atoms with E-state index in [9.17, 15) is 9.59 Å². The number of aryl methyl sites for hydroxylation is 1. The van der Waals surface area contributed by atoms with Gasteiger partial charge in [0, 0.05) is 23.2 Å². The van der Waals surface area contributed by atoms with Gasteiger partial charge in [-0.2, -0.15) is 0 Å². The molecule has 7 heteroatoms. The van der Waals surface area contributed by atoms with Gasteiger partial charge in [-0.3, -0.25) is 9.59 Å². The highest BCUT2D eigenvalue weighted by molar-refractivity contribution is 6.39. The number of anilines is 1. The third-order valence-corrected chi connectivity index (χ3v) is 4.69. The standard InChI is InChI=1S/C23H27N3O4/c1-16-19-7-4-5-8-20(19)30-21(16)15-24-22(27)23(28)25-17-9-11-18(12-10-17)29-14-6-13-26(2)3/h4-5,7-12H,6,13-15H2,1-3H3,(H,24,27)(H,25,28). The van der Waals surface area contributed by atoms with Crippen molar-refractivity contribution in [3.05, 3.63) is 59.9 Å². The van der Waals surface area contributed by atoms with Crippen LogP contribution in [0.15, 0.2) is 52.9 Å². The highest BCUT2D eigenvalue weighted by atomic mass is 16.5. The van der Waals surface area contributed by atoms with Gasteiger partial charge in [0.05, 0.1) is 13.2 Å². The van der Waals surface area contributed by atoms with Crippen molar-refractivity contribution in [1.29, 1.82) is 0 Å². The summed E-state index contributed by atoms with van der Waals surface area (Å²) in [4.78, 5) is 26.4. The molecule has 1 heterocycles. The number of benzene rings is 2. The van der Waals surface area contributed by atoms with Gasteiger partial charge in [0.2, 0.25) is 0 Å². The molecule has 0 aliphatic rings. The van der Waals surface area contributed by atoms with E-state index in [4.69, 9.17) is 9.15 Å². The molecule has 0 atom stereocenters. The van der Waals surface area contributed by atoms with Gasteiger partial charge in [0.1, 0.15) is 17.1 Å². The number of nitrogens with zero attached hydrogens (tertiary/aromatic N) is 1. The first-order chi connectivity index (χ1) is 14.4. The SMILES string of the molecule is Cc1c(CNC(=O)C(=O)Nc2ccc(OCCCN(C)C)cc2)oc2ccccc12. The van der Waals surface area contributed by atoms with Crippen LogP contribution in [0.25, 0.3) is 11.0 Å². The van der Waals surface area contributed by atoms with Gasteiger partial charge < -0.3 is 24.7 Å². The number of hydrogen-bond acceptors (Lipinski definition) is 5. The second-order valence-corrected chi connectivity index (χ2v) is 7.31. The average Bonchev–Trinajstić information content (AvgIpc) is 3.06. The average molecular weight is 409 g/mol. The Morgan fingerprint density at radius 3 is 2.47 bits per heavy atom. The largest absolute Gasteiger partial charge is 0.494 e. The van der Waals surface area contributed by atoms with Crippen LogP contribution in [-0.4, -0.2) is 44.0 Å². The van der Waals surface area contributed by atoms with Crippen molar-refractivity contribution >= 4 is 28.5 Å². The minimum atomic E-state index is -0.733. The zero-order valence-electron chi connectivity index (χ0n) is 17.5. The summed E-state index contributed by atoms with van der Waals surface area (Å²) >= 11 is 0. The summed E-state index contributed by atoms with van der Waals surface area (Å²) in [5.41, 5.74) is 2.23. The number of fused-ring (bicyclic) bond motifs is 1. The Hall–Kier alpha value is -3.32. The third kappa shape index (κ3) is 5.61. The van der Waals surface area contributed by atoms with E-state index in [1.54, 1.807) is 24.3 Å². The van der Waals surface area contributed by atoms with Crippen molar-refractivity contribution in [2.75, 3.05) is 32.6 Å². The zero-order valence-corrected chi connectivity index (χ0v) is 17.5. The Kier molecular flexibility index (Phi) is 7.08. The smallest absolute Gasteiger partial charge is 0.313 e. The molecule has 7 nitrogen and oxygen atoms in total. The molecular formula is C23H27N3O4. The third-order valence-electron chi connectivity index (χ3n) is 4.69. The van der Waals surface area contributed by atoms with Gasteiger partial charge in [0.15, 0.2) is 0 Å². The second-order valence-electron chi connectivity index (χ2n) is 7.31. The molecule has 2 aromatic carbocycles. The summed E-state index contributed by atoms with van der Waals surface area (Å²) in [6.07, 6.45) is 0.927. The minimum absolute atomic E-state index is 0.145. The Labute approximate surface area is 176 Å². The van der Waals surface area contributed by atoms with Crippen molar-refractivity contribution < 1.29 is 18.7 Å². The fraction of sp³-hybridized carbons (Fsp3) is 0.304. The van der Waals surface area contributed by atoms with Crippen LogP contribution in [0.1, 0.15) is 17.7 Å². The molecule has 1 aromatic heterocycles. The summed E-state index contributed by atoms with van der Waals surface area (Å²) in [6, 6.07) is 14.6. The Balaban J connectivity index is 1.48. The molecule has 158 valence electrons. The molecular weight excluding hydrogens is 382 g/mol. The Morgan fingerprint density at radius 1 is 1.03 bits per heavy atom. The highest BCUT2D eigenvalue weighted by Crippen LogP contribution is 2.24. The summed E-state index contributed by atoms with van der Waals surface area (Å²) in [5, 5.41) is 6.18. The molecule has 0 unspecified atom stereocenters. The van der Waals surface area contributed by atoms with E-state index in [1.807, 2.05) is 45.3 Å². The summed E-state index contributed by atoms with van der Waals surface area (Å²) in [5.74, 6) is -0.105. The number of carbonyl (C=O) groups is 2. The highest BCUT2D eigenvalue weighted by Gasteiger charge is 2.16. The maximum atomic E-state index is 12.2. The molecule has 0 aliphatic carbocycles. The minimum Gasteiger partial charge on any atom is -0.494 e. The van der Waals surface area contributed by atoms with Gasteiger partial charge in [-0.1, -0.05) is 18.2 Å². The zero-order chi connectivity index (χ0) is 21.5. The van der Waals surface area contributed by atoms with Crippen molar-refractivity contribution in [3.63, 3.8) is 0 Å². The van der Waals surface area contributed by atoms with Gasteiger partial charge in [-0.15, -0.1) is 0 Å². The number of hydrogen-bond donors (Lipinski definition) is 2. The fourth-order valence-electron chi connectivity index (χ4n) is 3.03. The maximum absolute atomic E-state index is 12.2. The van der Waals surface area contributed by atoms with Crippen LogP contribution >= 0.6 is 0 Å². The molecule has 30 heavy (non-hydrogen) atoms. The van der Waals surface area contributed by atoms with E-state index in [-0.39, 0.29) is 6.54 Å². The quantitative estimate of drug-likeness (QED) is 0.440. The second kappa shape index (κ2) is 9.93. The lowest BCUT2D eigenvalue weighted by molar-refractivity contribution is -0.136. The molecule has 3 rings (SSSR count). The number of nitrogens with one attached hydrogen (secondary N) is 2. The van der Waals surface area contributed by atoms with Crippen LogP contribution in [-0.2, 0) is 16.1 Å². The molecule has 3 aromatic rings. The topological polar surface area (TPSA) is 83.8 Å². The number of rotatable bonds is 8. The summed E-state index contributed by atoms with van der Waals surface area (Å²) in [6.45, 7) is 3.65. The number of ether oxygens (including phenoxy) is 1. The van der Waals surface area contributed by atoms with Crippen LogP contribution in [0, 0.1) is 6.92 Å². The first kappa shape index (κ1) is 21.4. The normalized spacial score (nSPS) is 10.9. The number of carbonyl (C=O) groups excluding carboxylic acids is 2. The van der Waals surface area contributed by atoms with E-state index < -0.39 is 11.8 Å². The van der Waals surface area contributed by atoms with Gasteiger partial charge in [-0.05, 0) is 57.8 Å². The van der Waals surface area contributed by atoms with Crippen LogP contribution in [0.2, 0.25) is 0 Å².